The molecule has 0 bridgehead atoms. The first-order chi connectivity index (χ1) is 11.8. The van der Waals surface area contributed by atoms with Crippen LogP contribution in [-0.4, -0.2) is 23.6 Å². The van der Waals surface area contributed by atoms with Crippen molar-refractivity contribution in [3.63, 3.8) is 0 Å². The fraction of sp³-hybridized carbons (Fsp3) is 0.429. The van der Waals surface area contributed by atoms with E-state index in [0.717, 1.165) is 12.2 Å². The van der Waals surface area contributed by atoms with Crippen molar-refractivity contribution in [2.75, 3.05) is 6.61 Å². The third-order valence-electron chi connectivity index (χ3n) is 4.66. The number of benzene rings is 1. The number of rotatable bonds is 5. The van der Waals surface area contributed by atoms with E-state index in [1.165, 1.54) is 11.1 Å². The molecule has 0 aromatic heterocycles. The first-order valence-electron chi connectivity index (χ1n) is 8.62. The zero-order valence-corrected chi connectivity index (χ0v) is 15.3. The van der Waals surface area contributed by atoms with Gasteiger partial charge in [-0.3, -0.25) is 0 Å². The Morgan fingerprint density at radius 3 is 2.52 bits per heavy atom. The van der Waals surface area contributed by atoms with E-state index in [2.05, 4.69) is 32.1 Å². The van der Waals surface area contributed by atoms with Crippen molar-refractivity contribution in [3.8, 4) is 5.75 Å². The summed E-state index contributed by atoms with van der Waals surface area (Å²) in [7, 11) is 0. The molecule has 25 heavy (non-hydrogen) atoms. The number of phenolic OH excluding ortho intramolecular Hbond substituents is 1. The zero-order valence-electron chi connectivity index (χ0n) is 15.3. The molecule has 4 nitrogen and oxygen atoms in total. The van der Waals surface area contributed by atoms with Crippen LogP contribution in [0.1, 0.15) is 39.7 Å². The molecule has 0 saturated heterocycles. The Morgan fingerprint density at radius 1 is 1.24 bits per heavy atom. The molecule has 0 saturated carbocycles. The second-order valence-electron chi connectivity index (χ2n) is 7.48. The molecule has 1 aliphatic carbocycles. The van der Waals surface area contributed by atoms with Gasteiger partial charge in [-0.25, -0.2) is 0 Å². The molecule has 0 radical (unpaired) electrons. The molecule has 1 aromatic rings. The molecule has 0 fully saturated rings. The van der Waals surface area contributed by atoms with Gasteiger partial charge in [0.1, 0.15) is 18.6 Å². The maximum atomic E-state index is 9.48. The number of allylic oxidation sites excluding steroid dienone is 2. The summed E-state index contributed by atoms with van der Waals surface area (Å²) < 4.78 is 16.9. The van der Waals surface area contributed by atoms with Crippen molar-refractivity contribution in [3.05, 3.63) is 65.7 Å². The van der Waals surface area contributed by atoms with E-state index in [1.54, 1.807) is 18.4 Å². The van der Waals surface area contributed by atoms with E-state index < -0.39 is 5.79 Å². The quantitative estimate of drug-likeness (QED) is 0.852. The van der Waals surface area contributed by atoms with Crippen LogP contribution in [0.2, 0.25) is 0 Å². The van der Waals surface area contributed by atoms with Crippen LogP contribution >= 0.6 is 0 Å². The molecule has 2 aliphatic rings. The molecular weight excluding hydrogens is 316 g/mol. The third kappa shape index (κ3) is 4.07. The van der Waals surface area contributed by atoms with Gasteiger partial charge < -0.3 is 19.3 Å². The van der Waals surface area contributed by atoms with Gasteiger partial charge in [-0.1, -0.05) is 44.2 Å². The van der Waals surface area contributed by atoms with E-state index >= 15 is 0 Å². The Labute approximate surface area is 149 Å². The van der Waals surface area contributed by atoms with Crippen molar-refractivity contribution < 1.29 is 19.3 Å². The van der Waals surface area contributed by atoms with Crippen LogP contribution in [0.25, 0.3) is 0 Å². The second-order valence-corrected chi connectivity index (χ2v) is 7.48. The minimum absolute atomic E-state index is 0.0348. The summed E-state index contributed by atoms with van der Waals surface area (Å²) in [4.78, 5) is 0. The van der Waals surface area contributed by atoms with Gasteiger partial charge in [0.25, 0.3) is 0 Å². The Balaban J connectivity index is 1.57. The average Bonchev–Trinajstić information content (AvgIpc) is 2.93. The number of ether oxygens (including phenoxy) is 3. The first-order valence-corrected chi connectivity index (χ1v) is 8.62. The summed E-state index contributed by atoms with van der Waals surface area (Å²) in [6.45, 7) is 8.53. The lowest BCUT2D eigenvalue weighted by Gasteiger charge is -2.30. The second kappa shape index (κ2) is 6.60. The van der Waals surface area contributed by atoms with Gasteiger partial charge in [-0.15, -0.1) is 0 Å². The van der Waals surface area contributed by atoms with Gasteiger partial charge in [-0.2, -0.15) is 0 Å². The van der Waals surface area contributed by atoms with Crippen LogP contribution in [0.4, 0.5) is 0 Å². The van der Waals surface area contributed by atoms with E-state index in [9.17, 15) is 5.11 Å². The molecular formula is C21H26O4. The summed E-state index contributed by atoms with van der Waals surface area (Å²) in [5.41, 5.74) is 2.30. The monoisotopic (exact) mass is 342 g/mol. The lowest BCUT2D eigenvalue weighted by molar-refractivity contribution is -0.122. The summed E-state index contributed by atoms with van der Waals surface area (Å²) in [5, 5.41) is 9.48. The normalized spacial score (nSPS) is 22.0. The van der Waals surface area contributed by atoms with E-state index in [0.29, 0.717) is 6.61 Å². The number of aromatic hydroxyl groups is 1. The van der Waals surface area contributed by atoms with Gasteiger partial charge in [-0.05, 0) is 29.7 Å². The predicted molar refractivity (Wildman–Crippen MR) is 97.0 cm³/mol. The van der Waals surface area contributed by atoms with Gasteiger partial charge in [0.05, 0.1) is 6.10 Å². The minimum atomic E-state index is -0.595. The Kier molecular flexibility index (Phi) is 4.65. The zero-order chi connectivity index (χ0) is 18.1. The summed E-state index contributed by atoms with van der Waals surface area (Å²) in [6.07, 6.45) is 8.94. The predicted octanol–water partition coefficient (Wildman–Crippen LogP) is 4.57. The van der Waals surface area contributed by atoms with Gasteiger partial charge >= 0.3 is 0 Å². The lowest BCUT2D eigenvalue weighted by Crippen LogP contribution is -2.23. The van der Waals surface area contributed by atoms with Crippen molar-refractivity contribution in [1.29, 1.82) is 0 Å². The Morgan fingerprint density at radius 2 is 1.96 bits per heavy atom. The molecule has 1 aliphatic heterocycles. The van der Waals surface area contributed by atoms with Crippen molar-refractivity contribution >= 4 is 0 Å². The summed E-state index contributed by atoms with van der Waals surface area (Å²) in [6, 6.07) is 7.40. The third-order valence-corrected chi connectivity index (χ3v) is 4.66. The van der Waals surface area contributed by atoms with E-state index in [4.69, 9.17) is 14.2 Å². The van der Waals surface area contributed by atoms with Gasteiger partial charge in [0.2, 0.25) is 5.79 Å². The molecule has 1 atom stereocenters. The van der Waals surface area contributed by atoms with E-state index in [-0.39, 0.29) is 17.3 Å². The van der Waals surface area contributed by atoms with Crippen LogP contribution in [0.5, 0.6) is 5.75 Å². The average molecular weight is 342 g/mol. The molecule has 1 heterocycles. The Hall–Kier alpha value is -2.20. The van der Waals surface area contributed by atoms with Gasteiger partial charge in [0, 0.05) is 19.3 Å². The molecule has 1 aromatic carbocycles. The van der Waals surface area contributed by atoms with Crippen LogP contribution in [-0.2, 0) is 19.6 Å². The highest BCUT2D eigenvalue weighted by Gasteiger charge is 2.29. The van der Waals surface area contributed by atoms with E-state index in [1.807, 2.05) is 26.0 Å². The minimum Gasteiger partial charge on any atom is -0.508 e. The first kappa shape index (κ1) is 17.6. The molecule has 0 amide bonds. The fourth-order valence-corrected chi connectivity index (χ4v) is 3.06. The van der Waals surface area contributed by atoms with Crippen LogP contribution < -0.4 is 0 Å². The topological polar surface area (TPSA) is 47.9 Å². The maximum absolute atomic E-state index is 9.48. The standard InChI is InChI=1S/C21H26O4/c1-20(2,15-5-9-17(22)10-6-15)16-7-11-18(12-8-16)23-13-19-14-24-21(3,4)25-19/h5-11,14,18,22H,12-13H2,1-4H3. The molecule has 0 spiro atoms. The Bertz CT molecular complexity index is 708. The number of hydrogen-bond acceptors (Lipinski definition) is 4. The number of phenols is 1. The maximum Gasteiger partial charge on any atom is 0.244 e. The van der Waals surface area contributed by atoms with Crippen molar-refractivity contribution in [2.45, 2.75) is 51.4 Å². The molecule has 134 valence electrons. The molecule has 4 heteroatoms. The highest BCUT2D eigenvalue weighted by atomic mass is 16.7. The highest BCUT2D eigenvalue weighted by Crippen LogP contribution is 2.35. The van der Waals surface area contributed by atoms with Crippen molar-refractivity contribution in [2.24, 2.45) is 0 Å². The van der Waals surface area contributed by atoms with Crippen molar-refractivity contribution in [1.82, 2.24) is 0 Å². The molecule has 3 rings (SSSR count). The smallest absolute Gasteiger partial charge is 0.244 e. The fourth-order valence-electron chi connectivity index (χ4n) is 3.06. The number of hydrogen-bond donors (Lipinski definition) is 1. The lowest BCUT2D eigenvalue weighted by atomic mass is 9.75. The highest BCUT2D eigenvalue weighted by molar-refractivity contribution is 5.43. The van der Waals surface area contributed by atoms with Gasteiger partial charge in [0.15, 0.2) is 5.76 Å². The van der Waals surface area contributed by atoms with Crippen LogP contribution in [0.15, 0.2) is 60.1 Å². The van der Waals surface area contributed by atoms with Crippen LogP contribution in [0, 0.1) is 0 Å². The van der Waals surface area contributed by atoms with Crippen LogP contribution in [0.3, 0.4) is 0 Å². The largest absolute Gasteiger partial charge is 0.508 e. The summed E-state index contributed by atoms with van der Waals surface area (Å²) in [5.74, 6) is 0.414. The molecule has 1 unspecified atom stereocenters. The SMILES string of the molecule is CC1(C)OC=C(COC2C=CC(C(C)(C)c3ccc(O)cc3)=CC2)O1. The summed E-state index contributed by atoms with van der Waals surface area (Å²) >= 11 is 0. The molecule has 1 N–H and O–H groups in total.